The summed E-state index contributed by atoms with van der Waals surface area (Å²) < 4.78 is 35.0. The lowest BCUT2D eigenvalue weighted by atomic mass is 9.57. The smallest absolute Gasteiger partial charge is 0.338 e. The van der Waals surface area contributed by atoms with E-state index < -0.39 is 66.1 Å². The monoisotopic (exact) mass is 748 g/mol. The second-order valence-corrected chi connectivity index (χ2v) is 15.1. The van der Waals surface area contributed by atoms with Crippen LogP contribution in [0.3, 0.4) is 0 Å². The number of ether oxygens (including phenoxy) is 5. The second kappa shape index (κ2) is 15.4. The zero-order valence-electron chi connectivity index (χ0n) is 31.0. The number of hydrogen-bond donors (Lipinski definition) is 1. The van der Waals surface area contributed by atoms with E-state index in [1.54, 1.807) is 25.1 Å². The number of cyclic esters (lactones) is 1. The van der Waals surface area contributed by atoms with Crippen molar-refractivity contribution in [1.29, 1.82) is 0 Å². The molecule has 3 aliphatic carbocycles. The van der Waals surface area contributed by atoms with Gasteiger partial charge in [0.1, 0.15) is 49.0 Å². The van der Waals surface area contributed by atoms with Gasteiger partial charge in [0.25, 0.3) is 0 Å². The molecule has 0 amide bonds. The van der Waals surface area contributed by atoms with Crippen LogP contribution in [0.2, 0.25) is 0 Å². The van der Waals surface area contributed by atoms with E-state index >= 15 is 0 Å². The lowest BCUT2D eigenvalue weighted by molar-refractivity contribution is -0.671. The molecule has 1 aromatic carbocycles. The van der Waals surface area contributed by atoms with Crippen LogP contribution in [0.4, 0.5) is 0 Å². The molecule has 2 fully saturated rings. The molecule has 7 rings (SSSR count). The first-order valence-corrected chi connectivity index (χ1v) is 18.2. The molecular weight excluding hydrogens is 700 g/mol. The Morgan fingerprint density at radius 1 is 1.15 bits per heavy atom. The SMILES string of the molecule is CO[C@H]1CC2C=C[C@H]3[C@H]4O[C@]2(/C(C)=C/[C@@H](C)[C@@H]([C@@H](C)OC(=O)c2ccc(Cn5cc[n+](C)c5)cc2)OC1=O)[C@@H]3[C@H](O)[C@@H](C)[C@H]4OC(=O)C1=CC=CC1.[Cl-]. The van der Waals surface area contributed by atoms with Gasteiger partial charge in [-0.25, -0.2) is 23.5 Å². The van der Waals surface area contributed by atoms with Gasteiger partial charge in [-0.3, -0.25) is 0 Å². The summed E-state index contributed by atoms with van der Waals surface area (Å²) in [6.45, 7) is 8.20. The minimum absolute atomic E-state index is 0. The lowest BCUT2D eigenvalue weighted by Crippen LogP contribution is -3.00. The van der Waals surface area contributed by atoms with Gasteiger partial charge in [0.15, 0.2) is 6.10 Å². The summed E-state index contributed by atoms with van der Waals surface area (Å²) in [5.74, 6) is -3.20. The zero-order chi connectivity index (χ0) is 36.9. The van der Waals surface area contributed by atoms with Crippen molar-refractivity contribution < 1.29 is 60.1 Å². The predicted molar refractivity (Wildman–Crippen MR) is 188 cm³/mol. The molecule has 4 bridgehead atoms. The number of carbonyl (C=O) groups is 3. The summed E-state index contributed by atoms with van der Waals surface area (Å²) in [7, 11) is 3.43. The van der Waals surface area contributed by atoms with Gasteiger partial charge >= 0.3 is 17.9 Å². The Morgan fingerprint density at radius 2 is 1.91 bits per heavy atom. The molecule has 11 nitrogen and oxygen atoms in total. The topological polar surface area (TPSA) is 126 Å². The Labute approximate surface area is 316 Å². The number of aryl methyl sites for hydroxylation is 1. The van der Waals surface area contributed by atoms with Crippen molar-refractivity contribution in [2.45, 2.75) is 89.3 Å². The molecule has 3 heterocycles. The summed E-state index contributed by atoms with van der Waals surface area (Å²) in [5, 5.41) is 12.0. The first-order chi connectivity index (χ1) is 24.9. The molecule has 0 radical (unpaired) electrons. The van der Waals surface area contributed by atoms with Crippen LogP contribution in [-0.4, -0.2) is 76.9 Å². The minimum atomic E-state index is -1.000. The van der Waals surface area contributed by atoms with Crippen molar-refractivity contribution in [3.63, 3.8) is 0 Å². The van der Waals surface area contributed by atoms with Crippen LogP contribution < -0.4 is 17.0 Å². The number of imidazole rings is 1. The highest BCUT2D eigenvalue weighted by Crippen LogP contribution is 2.61. The van der Waals surface area contributed by atoms with E-state index in [-0.39, 0.29) is 42.5 Å². The second-order valence-electron chi connectivity index (χ2n) is 15.1. The quantitative estimate of drug-likeness (QED) is 0.184. The van der Waals surface area contributed by atoms with Crippen molar-refractivity contribution in [2.75, 3.05) is 7.11 Å². The number of hydrogen-bond acceptors (Lipinski definition) is 9. The summed E-state index contributed by atoms with van der Waals surface area (Å²) in [6.07, 6.45) is 13.7. The maximum Gasteiger partial charge on any atom is 0.338 e. The number of aliphatic hydroxyl groups excluding tert-OH is 1. The largest absolute Gasteiger partial charge is 1.00 e. The fraction of sp³-hybridized carbons (Fsp3) is 0.512. The van der Waals surface area contributed by atoms with E-state index in [0.29, 0.717) is 24.1 Å². The predicted octanol–water partition coefficient (Wildman–Crippen LogP) is 1.19. The van der Waals surface area contributed by atoms with E-state index in [9.17, 15) is 19.5 Å². The first kappa shape index (κ1) is 38.7. The fourth-order valence-corrected chi connectivity index (χ4v) is 9.14. The minimum Gasteiger partial charge on any atom is -1.00 e. The molecule has 1 aromatic heterocycles. The van der Waals surface area contributed by atoms with Crippen LogP contribution in [0.5, 0.6) is 0 Å². The van der Waals surface area contributed by atoms with Crippen molar-refractivity contribution >= 4 is 17.9 Å². The summed E-state index contributed by atoms with van der Waals surface area (Å²) in [4.78, 5) is 40.3. The molecule has 1 saturated carbocycles. The molecule has 2 aliphatic heterocycles. The Hall–Kier alpha value is -4.03. The van der Waals surface area contributed by atoms with Crippen LogP contribution in [0, 0.1) is 29.6 Å². The van der Waals surface area contributed by atoms with Crippen molar-refractivity contribution in [3.05, 3.63) is 102 Å². The Balaban J connectivity index is 0.00000481. The number of nitrogens with zero attached hydrogens (tertiary/aromatic N) is 2. The van der Waals surface area contributed by atoms with E-state index in [4.69, 9.17) is 23.7 Å². The zero-order valence-corrected chi connectivity index (χ0v) is 31.7. The van der Waals surface area contributed by atoms with Gasteiger partial charge < -0.3 is 41.2 Å². The number of aromatic nitrogens is 2. The number of carbonyl (C=O) groups excluding carboxylic acids is 3. The van der Waals surface area contributed by atoms with Gasteiger partial charge in [0.2, 0.25) is 6.33 Å². The van der Waals surface area contributed by atoms with Gasteiger partial charge in [-0.1, -0.05) is 62.4 Å². The number of allylic oxidation sites excluding steroid dienone is 3. The van der Waals surface area contributed by atoms with Crippen LogP contribution >= 0.6 is 0 Å². The summed E-state index contributed by atoms with van der Waals surface area (Å²) in [6, 6.07) is 7.27. The van der Waals surface area contributed by atoms with Gasteiger partial charge in [-0.05, 0) is 50.0 Å². The van der Waals surface area contributed by atoms with Crippen molar-refractivity contribution in [3.8, 4) is 0 Å². The van der Waals surface area contributed by atoms with E-state index in [1.165, 1.54) is 7.11 Å². The molecule has 1 unspecified atom stereocenters. The average molecular weight is 749 g/mol. The third-order valence-corrected chi connectivity index (χ3v) is 11.8. The van der Waals surface area contributed by atoms with Crippen LogP contribution in [0.25, 0.3) is 0 Å². The number of halogens is 1. The molecule has 284 valence electrons. The standard InChI is InChI=1S/C41H49N2O9.ClH/c1-23-19-24(2)41-30(15-16-31-33(41)34(44)25(3)36(37(31)52-41)51-39(46)28-9-7-8-10-28)20-32(48-6)40(47)50-35(23)26(4)49-38(45)29-13-11-27(12-14-29)21-43-18-17-42(5)22-43;/h7-9,11-19,22-23,25-26,30-37,44H,10,20-21H2,1-6H3;1H/q+1;/p-1/b24-19+;/t23-,25-,26-,30?,31-,32+,33+,34-,35+,36-,37-,41+;/m1./s1. The maximum atomic E-state index is 13.8. The van der Waals surface area contributed by atoms with E-state index in [2.05, 4.69) is 12.2 Å². The third-order valence-electron chi connectivity index (χ3n) is 11.8. The van der Waals surface area contributed by atoms with Crippen molar-refractivity contribution in [1.82, 2.24) is 4.57 Å². The molecule has 2 aromatic rings. The molecule has 12 heteroatoms. The van der Waals surface area contributed by atoms with Crippen molar-refractivity contribution in [2.24, 2.45) is 36.6 Å². The number of aliphatic hydroxyl groups is 1. The van der Waals surface area contributed by atoms with Gasteiger partial charge in [0.05, 0.1) is 18.7 Å². The molecule has 1 spiro atoms. The van der Waals surface area contributed by atoms with Gasteiger partial charge in [0, 0.05) is 42.3 Å². The molecule has 53 heavy (non-hydrogen) atoms. The maximum absolute atomic E-state index is 13.8. The fourth-order valence-electron chi connectivity index (χ4n) is 9.14. The Kier molecular flexibility index (Phi) is 11.2. The molecular formula is C41H49ClN2O9. The Morgan fingerprint density at radius 3 is 2.57 bits per heavy atom. The average Bonchev–Trinajstić information content (AvgIpc) is 3.85. The van der Waals surface area contributed by atoms with Gasteiger partial charge in [-0.15, -0.1) is 0 Å². The Bertz CT molecular complexity index is 1830. The number of rotatable bonds is 8. The first-order valence-electron chi connectivity index (χ1n) is 18.2. The highest BCUT2D eigenvalue weighted by Gasteiger charge is 2.69. The van der Waals surface area contributed by atoms with E-state index in [1.807, 2.05) is 86.0 Å². The highest BCUT2D eigenvalue weighted by molar-refractivity contribution is 5.90. The normalized spacial score (nSPS) is 35.9. The summed E-state index contributed by atoms with van der Waals surface area (Å²) in [5.41, 5.74) is 1.86. The molecule has 1 N–H and O–H groups in total. The van der Waals surface area contributed by atoms with Crippen LogP contribution in [0.15, 0.2) is 90.6 Å². The molecule has 1 saturated heterocycles. The molecule has 12 atom stereocenters. The van der Waals surface area contributed by atoms with E-state index in [0.717, 1.165) is 11.1 Å². The number of methoxy groups -OCH3 is 1. The number of esters is 3. The van der Waals surface area contributed by atoms with Gasteiger partial charge in [-0.2, -0.15) is 0 Å². The van der Waals surface area contributed by atoms with Crippen LogP contribution in [-0.2, 0) is 46.9 Å². The molecule has 5 aliphatic rings. The number of benzene rings is 1. The summed E-state index contributed by atoms with van der Waals surface area (Å²) >= 11 is 0. The lowest BCUT2D eigenvalue weighted by Gasteiger charge is -2.49. The van der Waals surface area contributed by atoms with Crippen LogP contribution in [0.1, 0.15) is 56.5 Å². The third kappa shape index (κ3) is 7.04. The highest BCUT2D eigenvalue weighted by atomic mass is 35.5.